The Bertz CT molecular complexity index is 2210. The second-order valence-electron chi connectivity index (χ2n) is 18.1. The molecule has 1 aliphatic heterocycles. The first-order valence-corrected chi connectivity index (χ1v) is 28.0. The fraction of sp³-hybridized carbons (Fsp3) is 0.643. The maximum absolute atomic E-state index is 14.1. The van der Waals surface area contributed by atoms with Gasteiger partial charge in [0.05, 0.1) is 177 Å². The number of hydrogen-bond donors (Lipinski definition) is 4. The molecule has 1 heterocycles. The van der Waals surface area contributed by atoms with E-state index in [1.54, 1.807) is 0 Å². The van der Waals surface area contributed by atoms with Crippen molar-refractivity contribution < 1.29 is 108 Å². The topological polar surface area (TPSA) is 274 Å². The summed E-state index contributed by atoms with van der Waals surface area (Å²) in [5.41, 5.74) is 0.172. The number of imide groups is 1. The summed E-state index contributed by atoms with van der Waals surface area (Å²) in [5, 5.41) is 11.1. The molecule has 0 radical (unpaired) electrons. The highest BCUT2D eigenvalue weighted by atomic mass is 19.2. The van der Waals surface area contributed by atoms with Crippen molar-refractivity contribution in [2.45, 2.75) is 52.0 Å². The Morgan fingerprint density at radius 2 is 0.940 bits per heavy atom. The summed E-state index contributed by atoms with van der Waals surface area (Å²) in [7, 11) is 0. The fourth-order valence-corrected chi connectivity index (χ4v) is 7.25. The maximum atomic E-state index is 14.1. The van der Waals surface area contributed by atoms with Gasteiger partial charge in [-0.3, -0.25) is 28.8 Å². The van der Waals surface area contributed by atoms with Crippen LogP contribution in [0.3, 0.4) is 0 Å². The molecular formula is C56H83F4N5O19. The average molecular weight is 1210 g/mol. The zero-order chi connectivity index (χ0) is 60.8. The Morgan fingerprint density at radius 1 is 0.512 bits per heavy atom. The second kappa shape index (κ2) is 46.7. The Balaban J connectivity index is 1.03. The zero-order valence-electron chi connectivity index (χ0n) is 48.1. The van der Waals surface area contributed by atoms with Crippen molar-refractivity contribution in [1.29, 1.82) is 0 Å². The van der Waals surface area contributed by atoms with E-state index in [-0.39, 0.29) is 79.9 Å². The summed E-state index contributed by atoms with van der Waals surface area (Å²) in [4.78, 5) is 75.3. The predicted molar refractivity (Wildman–Crippen MR) is 293 cm³/mol. The van der Waals surface area contributed by atoms with E-state index in [0.717, 1.165) is 29.9 Å². The van der Waals surface area contributed by atoms with Crippen molar-refractivity contribution in [1.82, 2.24) is 21.3 Å². The van der Waals surface area contributed by atoms with Gasteiger partial charge in [0.15, 0.2) is 11.6 Å². The van der Waals surface area contributed by atoms with Crippen LogP contribution in [0.5, 0.6) is 5.75 Å². The van der Waals surface area contributed by atoms with Crippen LogP contribution in [0.25, 0.3) is 0 Å². The summed E-state index contributed by atoms with van der Waals surface area (Å²) >= 11 is 0. The van der Waals surface area contributed by atoms with Gasteiger partial charge in [-0.2, -0.15) is 8.78 Å². The summed E-state index contributed by atoms with van der Waals surface area (Å²) in [6.07, 6.45) is 3.58. The number of aryl methyl sites for hydroxylation is 1. The van der Waals surface area contributed by atoms with E-state index in [4.69, 9.17) is 56.8 Å². The SMILES string of the molecule is CCC[C@H](C)NC(=O)CCOCCOCCOCCOCCOCCOCCOCCOCCOCCOCCOCCOCCNC(=O)CNCCNC(=O)c1cc(N2C(=O)C=CC2=O)ccc1CCC(=O)Oc1c(F)c(F)cc(F)c1F. The minimum atomic E-state index is -1.90. The van der Waals surface area contributed by atoms with E-state index in [1.807, 2.05) is 6.92 Å². The molecule has 24 nitrogen and oxygen atoms in total. The lowest BCUT2D eigenvalue weighted by Gasteiger charge is -2.17. The van der Waals surface area contributed by atoms with Crippen molar-refractivity contribution in [3.05, 3.63) is 70.8 Å². The molecular weight excluding hydrogens is 1120 g/mol. The zero-order valence-corrected chi connectivity index (χ0v) is 48.1. The Morgan fingerprint density at radius 3 is 1.38 bits per heavy atom. The number of carbonyl (C=O) groups excluding carboxylic acids is 6. The molecule has 1 atom stereocenters. The van der Waals surface area contributed by atoms with E-state index in [1.165, 1.54) is 18.2 Å². The van der Waals surface area contributed by atoms with Crippen molar-refractivity contribution >= 4 is 41.2 Å². The van der Waals surface area contributed by atoms with Crippen molar-refractivity contribution in [2.24, 2.45) is 0 Å². The van der Waals surface area contributed by atoms with Gasteiger partial charge in [-0.1, -0.05) is 19.4 Å². The lowest BCUT2D eigenvalue weighted by molar-refractivity contribution is -0.135. The molecule has 474 valence electrons. The minimum Gasteiger partial charge on any atom is -0.420 e. The van der Waals surface area contributed by atoms with Crippen LogP contribution in [0.15, 0.2) is 36.4 Å². The number of halogens is 4. The summed E-state index contributed by atoms with van der Waals surface area (Å²) in [6.45, 7) is 14.3. The molecule has 0 aliphatic carbocycles. The third kappa shape index (κ3) is 33.2. The molecule has 0 unspecified atom stereocenters. The molecule has 5 amide bonds. The van der Waals surface area contributed by atoms with Gasteiger partial charge in [0.25, 0.3) is 17.7 Å². The third-order valence-electron chi connectivity index (χ3n) is 11.4. The summed E-state index contributed by atoms with van der Waals surface area (Å²) in [6, 6.07) is 4.09. The second-order valence-corrected chi connectivity index (χ2v) is 18.1. The van der Waals surface area contributed by atoms with Gasteiger partial charge >= 0.3 is 5.97 Å². The van der Waals surface area contributed by atoms with Gasteiger partial charge < -0.3 is 82.8 Å². The number of carbonyl (C=O) groups is 6. The molecule has 0 saturated carbocycles. The Hall–Kier alpha value is -5.60. The van der Waals surface area contributed by atoms with Crippen LogP contribution >= 0.6 is 0 Å². The standard InChI is InChI=1S/C56H83F4N5O19/c1-3-4-42(2)64-48(66)11-15-72-17-19-74-21-23-76-25-27-78-29-31-80-33-35-82-37-38-83-36-34-81-32-30-79-28-26-77-24-22-75-20-18-73-16-14-62-49(67)41-61-12-13-63-56(71)45-39-44(65-50(68)8-9-51(65)69)7-5-43(45)6-10-52(70)84-55-53(59)46(57)40-47(58)54(55)60/h5,7-9,39-40,42,61H,3-4,6,10-38,41H2,1-2H3,(H,62,67)(H,63,71)(H,64,66)/t42-/m0/s1. The van der Waals surface area contributed by atoms with Crippen LogP contribution in [0, 0.1) is 23.3 Å². The van der Waals surface area contributed by atoms with Gasteiger partial charge in [-0.25, -0.2) is 13.7 Å². The number of nitrogens with one attached hydrogen (secondary N) is 4. The molecule has 28 heteroatoms. The number of rotatable bonds is 53. The average Bonchev–Trinajstić information content (AvgIpc) is 3.93. The molecule has 84 heavy (non-hydrogen) atoms. The first kappa shape index (κ1) is 72.7. The summed E-state index contributed by atoms with van der Waals surface area (Å²) in [5.74, 6) is -12.5. The van der Waals surface area contributed by atoms with Gasteiger partial charge in [0.2, 0.25) is 29.2 Å². The highest BCUT2D eigenvalue weighted by Gasteiger charge is 2.28. The molecule has 2 aromatic carbocycles. The highest BCUT2D eigenvalue weighted by Crippen LogP contribution is 2.28. The molecule has 0 fully saturated rings. The van der Waals surface area contributed by atoms with Crippen LogP contribution in [0.2, 0.25) is 0 Å². The van der Waals surface area contributed by atoms with E-state index in [2.05, 4.69) is 32.9 Å². The number of benzene rings is 2. The van der Waals surface area contributed by atoms with Gasteiger partial charge in [-0.05, 0) is 37.5 Å². The molecule has 2 aromatic rings. The quantitative estimate of drug-likeness (QED) is 0.0185. The number of esters is 1. The molecule has 0 bridgehead atoms. The van der Waals surface area contributed by atoms with Gasteiger partial charge in [0, 0.05) is 55.9 Å². The van der Waals surface area contributed by atoms with E-state index >= 15 is 0 Å². The van der Waals surface area contributed by atoms with E-state index < -0.39 is 59.1 Å². The minimum absolute atomic E-state index is 0.00467. The first-order chi connectivity index (χ1) is 40.8. The Kier molecular flexibility index (Phi) is 40.4. The van der Waals surface area contributed by atoms with Crippen LogP contribution in [0.1, 0.15) is 55.5 Å². The first-order valence-electron chi connectivity index (χ1n) is 28.0. The third-order valence-corrected chi connectivity index (χ3v) is 11.4. The van der Waals surface area contributed by atoms with Crippen molar-refractivity contribution in [3.63, 3.8) is 0 Å². The number of anilines is 1. The predicted octanol–water partition coefficient (Wildman–Crippen LogP) is 2.54. The number of hydrogen-bond acceptors (Lipinski definition) is 20. The van der Waals surface area contributed by atoms with Crippen molar-refractivity contribution in [3.8, 4) is 5.75 Å². The fourth-order valence-electron chi connectivity index (χ4n) is 7.25. The van der Waals surface area contributed by atoms with Crippen LogP contribution in [0.4, 0.5) is 23.2 Å². The summed E-state index contributed by atoms with van der Waals surface area (Å²) < 4.78 is 126. The monoisotopic (exact) mass is 1210 g/mol. The van der Waals surface area contributed by atoms with Crippen LogP contribution < -0.4 is 30.9 Å². The number of ether oxygens (including phenoxy) is 13. The number of nitrogens with zero attached hydrogens (tertiary/aromatic N) is 1. The lowest BCUT2D eigenvalue weighted by Crippen LogP contribution is -2.39. The molecule has 0 aromatic heterocycles. The van der Waals surface area contributed by atoms with Gasteiger partial charge in [0.1, 0.15) is 0 Å². The van der Waals surface area contributed by atoms with Gasteiger partial charge in [-0.15, -0.1) is 0 Å². The maximum Gasteiger partial charge on any atom is 0.311 e. The highest BCUT2D eigenvalue weighted by molar-refractivity contribution is 6.28. The number of amides is 5. The van der Waals surface area contributed by atoms with E-state index in [9.17, 15) is 46.3 Å². The lowest BCUT2D eigenvalue weighted by atomic mass is 10.0. The molecule has 0 saturated heterocycles. The smallest absolute Gasteiger partial charge is 0.311 e. The molecule has 4 N–H and O–H groups in total. The van der Waals surface area contributed by atoms with Crippen LogP contribution in [-0.2, 0) is 87.2 Å². The van der Waals surface area contributed by atoms with Crippen molar-refractivity contribution in [2.75, 3.05) is 190 Å². The molecule has 1 aliphatic rings. The van der Waals surface area contributed by atoms with Crippen LogP contribution in [-0.4, -0.2) is 226 Å². The normalized spacial score (nSPS) is 12.6. The van der Waals surface area contributed by atoms with E-state index in [0.29, 0.717) is 158 Å². The Labute approximate surface area is 487 Å². The molecule has 3 rings (SSSR count). The molecule has 0 spiro atoms. The largest absolute Gasteiger partial charge is 0.420 e.